The topological polar surface area (TPSA) is 37.0 Å². The predicted molar refractivity (Wildman–Crippen MR) is 27.6 cm³/mol. The highest BCUT2D eigenvalue weighted by Gasteiger charge is 2.23. The van der Waals surface area contributed by atoms with Crippen molar-refractivity contribution in [2.24, 2.45) is 0 Å². The molecule has 1 fully saturated rings. The molecule has 0 bridgehead atoms. The number of hydrogen-bond donors (Lipinski definition) is 0. The minimum absolute atomic E-state index is 0.133. The molecule has 0 aromatic rings. The van der Waals surface area contributed by atoms with Gasteiger partial charge in [-0.2, -0.15) is 0 Å². The Hall–Kier alpha value is -0.530. The van der Waals surface area contributed by atoms with Crippen molar-refractivity contribution >= 4 is 5.97 Å². The Kier molecular flexibility index (Phi) is 2.09. The van der Waals surface area contributed by atoms with Crippen LogP contribution in [-0.2, 0) is 9.90 Å². The smallest absolute Gasteiger partial charge is 0.247 e. The highest BCUT2D eigenvalue weighted by Crippen LogP contribution is 2.22. The maximum atomic E-state index is 10.1. The van der Waals surface area contributed by atoms with Gasteiger partial charge in [0.15, 0.2) is 0 Å². The van der Waals surface area contributed by atoms with Crippen LogP contribution in [0, 0.1) is 31.6 Å². The molecule has 1 rings (SSSR count). The van der Waals surface area contributed by atoms with Crippen LogP contribution in [0.2, 0.25) is 0 Å². The van der Waals surface area contributed by atoms with E-state index in [1.165, 1.54) is 0 Å². The summed E-state index contributed by atoms with van der Waals surface area (Å²) < 4.78 is 0. The fraction of sp³-hybridized carbons (Fsp3) is 0.143. The number of hydrogen-bond acceptors (Lipinski definition) is 1. The largest absolute Gasteiger partial charge is 0.363 e. The van der Waals surface area contributed by atoms with Gasteiger partial charge in [0.1, 0.15) is 0 Å². The summed E-state index contributed by atoms with van der Waals surface area (Å²) in [6.45, 7) is 0. The number of carbonyl (C=O) groups is 1. The van der Waals surface area contributed by atoms with Crippen LogP contribution in [0.25, 0.3) is 0 Å². The first-order valence-corrected chi connectivity index (χ1v) is 2.46. The van der Waals surface area contributed by atoms with Gasteiger partial charge in [0.25, 0.3) is 0 Å². The molecule has 1 aliphatic carbocycles. The summed E-state index contributed by atoms with van der Waals surface area (Å²) >= 11 is 0. The lowest BCUT2D eigenvalue weighted by molar-refractivity contribution is -0.140. The molecule has 0 aromatic carbocycles. The fourth-order valence-corrected chi connectivity index (χ4v) is 0.501. The van der Waals surface area contributed by atoms with Crippen molar-refractivity contribution in [1.29, 1.82) is 0 Å². The fourth-order valence-electron chi connectivity index (χ4n) is 0.501. The molecule has 1 saturated carbocycles. The van der Waals surface area contributed by atoms with E-state index in [0.717, 1.165) is 0 Å². The Morgan fingerprint density at radius 2 is 2.44 bits per heavy atom. The van der Waals surface area contributed by atoms with Crippen molar-refractivity contribution in [3.05, 3.63) is 31.6 Å². The molecule has 0 atom stereocenters. The van der Waals surface area contributed by atoms with E-state index in [1.54, 1.807) is 6.42 Å². The van der Waals surface area contributed by atoms with Crippen LogP contribution >= 0.6 is 0 Å². The molecule has 1 aliphatic rings. The summed E-state index contributed by atoms with van der Waals surface area (Å²) in [5.74, 6) is -1.05. The van der Waals surface area contributed by atoms with E-state index in [-0.39, 0.29) is 5.92 Å². The summed E-state index contributed by atoms with van der Waals surface area (Å²) in [6.07, 6.45) is 9.27. The average molecular weight is 119 g/mol. The van der Waals surface area contributed by atoms with Gasteiger partial charge >= 0.3 is 5.97 Å². The Balaban J connectivity index is 2.31. The maximum Gasteiger partial charge on any atom is 0.363 e. The zero-order chi connectivity index (χ0) is 6.69. The minimum atomic E-state index is -1.18. The molecule has 9 radical (unpaired) electrons. The molecule has 2 heteroatoms. The molecule has 2 nitrogen and oxygen atoms in total. The van der Waals surface area contributed by atoms with Crippen molar-refractivity contribution in [3.8, 4) is 0 Å². The lowest BCUT2D eigenvalue weighted by atomic mass is 9.90. The van der Waals surface area contributed by atoms with E-state index >= 15 is 0 Å². The second-order valence-electron chi connectivity index (χ2n) is 1.57. The van der Waals surface area contributed by atoms with Crippen LogP contribution in [-0.4, -0.2) is 5.97 Å². The highest BCUT2D eigenvalue weighted by molar-refractivity contribution is 5.85. The van der Waals surface area contributed by atoms with Crippen LogP contribution in [0.3, 0.4) is 0 Å². The van der Waals surface area contributed by atoms with Crippen molar-refractivity contribution in [2.75, 3.05) is 0 Å². The molecule has 0 heterocycles. The third-order valence-corrected chi connectivity index (χ3v) is 0.940. The first-order valence-electron chi connectivity index (χ1n) is 2.46. The molecule has 43 valence electrons. The van der Waals surface area contributed by atoms with Crippen LogP contribution in [0.1, 0.15) is 6.42 Å². The zero-order valence-electron chi connectivity index (χ0n) is 4.60. The van der Waals surface area contributed by atoms with Gasteiger partial charge in [0.05, 0.1) is 5.92 Å². The molecule has 0 aromatic heterocycles. The Bertz CT molecular complexity index is 103. The van der Waals surface area contributed by atoms with Crippen LogP contribution in [0.4, 0.5) is 0 Å². The number of rotatable bonds is 1. The monoisotopic (exact) mass is 119 g/mol. The van der Waals surface area contributed by atoms with Crippen LogP contribution < -0.4 is 0 Å². The standard InChI is InChI=1S/C7H3O2/c8-7(9)6-4-2-1-3-5-6/h2H,4H2. The summed E-state index contributed by atoms with van der Waals surface area (Å²) in [4.78, 5) is 10.1. The van der Waals surface area contributed by atoms with Gasteiger partial charge in [-0.15, -0.1) is 0 Å². The quantitative estimate of drug-likeness (QED) is 0.491. The molecule has 0 spiro atoms. The molecule has 0 saturated heterocycles. The SMILES string of the molecule is [O]C(=O)[C]1[C][C][C][CH]C1. The highest BCUT2D eigenvalue weighted by atomic mass is 16.4. The third kappa shape index (κ3) is 1.70. The lowest BCUT2D eigenvalue weighted by Crippen LogP contribution is -2.14. The molecular weight excluding hydrogens is 116 g/mol. The molecule has 0 N–H and O–H groups in total. The third-order valence-electron chi connectivity index (χ3n) is 0.940. The first-order chi connectivity index (χ1) is 4.30. The van der Waals surface area contributed by atoms with Gasteiger partial charge in [0, 0.05) is 12.8 Å². The molecule has 0 aliphatic heterocycles. The minimum Gasteiger partial charge on any atom is -0.247 e. The Morgan fingerprint density at radius 1 is 1.67 bits per heavy atom. The van der Waals surface area contributed by atoms with Crippen molar-refractivity contribution in [3.63, 3.8) is 0 Å². The molecule has 0 unspecified atom stereocenters. The van der Waals surface area contributed by atoms with E-state index in [2.05, 4.69) is 19.3 Å². The summed E-state index contributed by atoms with van der Waals surface area (Å²) in [5, 5.41) is 10.1. The molecule has 9 heavy (non-hydrogen) atoms. The van der Waals surface area contributed by atoms with Crippen molar-refractivity contribution in [1.82, 2.24) is 0 Å². The van der Waals surface area contributed by atoms with Gasteiger partial charge < -0.3 is 0 Å². The van der Waals surface area contributed by atoms with E-state index in [9.17, 15) is 9.90 Å². The zero-order valence-corrected chi connectivity index (χ0v) is 4.60. The first kappa shape index (κ1) is 6.59. The maximum absolute atomic E-state index is 10.1. The van der Waals surface area contributed by atoms with E-state index in [0.29, 0.717) is 6.42 Å². The summed E-state index contributed by atoms with van der Waals surface area (Å²) in [7, 11) is 0. The van der Waals surface area contributed by atoms with Crippen molar-refractivity contribution in [2.45, 2.75) is 6.42 Å². The van der Waals surface area contributed by atoms with Gasteiger partial charge in [-0.25, -0.2) is 9.90 Å². The molecular formula is C7H3O2. The number of carbonyl (C=O) groups excluding carboxylic acids is 1. The van der Waals surface area contributed by atoms with Gasteiger partial charge in [0.2, 0.25) is 0 Å². The van der Waals surface area contributed by atoms with E-state index in [4.69, 9.17) is 0 Å². The van der Waals surface area contributed by atoms with E-state index < -0.39 is 5.97 Å². The lowest BCUT2D eigenvalue weighted by Gasteiger charge is -2.11. The van der Waals surface area contributed by atoms with Crippen LogP contribution in [0.15, 0.2) is 0 Å². The van der Waals surface area contributed by atoms with E-state index in [1.807, 2.05) is 0 Å². The van der Waals surface area contributed by atoms with Gasteiger partial charge in [-0.3, -0.25) is 0 Å². The van der Waals surface area contributed by atoms with Crippen molar-refractivity contribution < 1.29 is 9.90 Å². The Morgan fingerprint density at radius 3 is 2.78 bits per heavy atom. The summed E-state index contributed by atoms with van der Waals surface area (Å²) in [5.41, 5.74) is 0. The normalized spacial score (nSPS) is 21.8. The average Bonchev–Trinajstić information content (AvgIpc) is 1.90. The predicted octanol–water partition coefficient (Wildman–Crippen LogP) is 0.370. The second kappa shape index (κ2) is 2.85. The van der Waals surface area contributed by atoms with Gasteiger partial charge in [-0.1, -0.05) is 0 Å². The Labute approximate surface area is 54.9 Å². The van der Waals surface area contributed by atoms with Crippen LogP contribution in [0.5, 0.6) is 0 Å². The molecule has 0 amide bonds. The summed E-state index contributed by atoms with van der Waals surface area (Å²) in [6, 6.07) is 0. The second-order valence-corrected chi connectivity index (χ2v) is 1.57. The van der Waals surface area contributed by atoms with Gasteiger partial charge in [-0.05, 0) is 19.3 Å².